The molecular weight excluding hydrogens is 456 g/mol. The number of benzene rings is 2. The van der Waals surface area contributed by atoms with Crippen LogP contribution in [0.15, 0.2) is 53.0 Å². The Labute approximate surface area is 183 Å². The second-order valence-corrected chi connectivity index (χ2v) is 9.35. The first-order chi connectivity index (χ1) is 13.6. The summed E-state index contributed by atoms with van der Waals surface area (Å²) in [5, 5.41) is 0.593. The van der Waals surface area contributed by atoms with E-state index in [1.54, 1.807) is 53.4 Å². The normalized spacial score (nSPS) is 17.0. The fourth-order valence-electron chi connectivity index (χ4n) is 3.56. The van der Waals surface area contributed by atoms with Crippen LogP contribution in [0, 0.1) is 0 Å². The van der Waals surface area contributed by atoms with Gasteiger partial charge in [-0.2, -0.15) is 0 Å². The van der Waals surface area contributed by atoms with Gasteiger partial charge in [0.15, 0.2) is 0 Å². The standard InChI is InChI=1S/C22H22BrClN2O3/c1-22(2,3)26(20(28)12-14-4-8-16(24)9-5-14)18-13-19(27)25(21(18)29)17-10-6-15(23)7-11-17/h4-11,18H,12-13H2,1-3H3. The van der Waals surface area contributed by atoms with E-state index in [9.17, 15) is 14.4 Å². The average Bonchev–Trinajstić information content (AvgIpc) is 2.91. The van der Waals surface area contributed by atoms with E-state index in [2.05, 4.69) is 15.9 Å². The largest absolute Gasteiger partial charge is 0.325 e. The molecule has 1 saturated heterocycles. The molecule has 0 N–H and O–H groups in total. The molecule has 2 aromatic rings. The number of halogens is 2. The molecule has 1 aliphatic heterocycles. The van der Waals surface area contributed by atoms with Crippen molar-refractivity contribution in [1.82, 2.24) is 4.90 Å². The van der Waals surface area contributed by atoms with Crippen LogP contribution in [0.4, 0.5) is 5.69 Å². The Morgan fingerprint density at radius 3 is 2.24 bits per heavy atom. The maximum atomic E-state index is 13.2. The van der Waals surface area contributed by atoms with Crippen LogP contribution >= 0.6 is 27.5 Å². The maximum Gasteiger partial charge on any atom is 0.257 e. The van der Waals surface area contributed by atoms with Gasteiger partial charge in [-0.25, -0.2) is 4.90 Å². The Morgan fingerprint density at radius 2 is 1.69 bits per heavy atom. The van der Waals surface area contributed by atoms with E-state index in [0.717, 1.165) is 10.0 Å². The Balaban J connectivity index is 1.88. The fourth-order valence-corrected chi connectivity index (χ4v) is 3.95. The van der Waals surface area contributed by atoms with E-state index in [4.69, 9.17) is 11.6 Å². The number of carbonyl (C=O) groups is 3. The minimum absolute atomic E-state index is 0.0292. The third-order valence-corrected chi connectivity index (χ3v) is 5.56. The molecule has 3 amide bonds. The molecule has 29 heavy (non-hydrogen) atoms. The van der Waals surface area contributed by atoms with Crippen molar-refractivity contribution < 1.29 is 14.4 Å². The van der Waals surface area contributed by atoms with Gasteiger partial charge in [0, 0.05) is 15.0 Å². The number of imide groups is 1. The molecule has 1 unspecified atom stereocenters. The van der Waals surface area contributed by atoms with Crippen molar-refractivity contribution in [1.29, 1.82) is 0 Å². The van der Waals surface area contributed by atoms with Gasteiger partial charge in [-0.05, 0) is 62.7 Å². The highest BCUT2D eigenvalue weighted by Crippen LogP contribution is 2.31. The lowest BCUT2D eigenvalue weighted by Crippen LogP contribution is -2.55. The van der Waals surface area contributed by atoms with Crippen LogP contribution in [0.3, 0.4) is 0 Å². The molecule has 0 aliphatic carbocycles. The SMILES string of the molecule is CC(C)(C)N(C(=O)Cc1ccc(Cl)cc1)C1CC(=O)N(c2ccc(Br)cc2)C1=O. The van der Waals surface area contributed by atoms with E-state index in [0.29, 0.717) is 10.7 Å². The molecule has 0 radical (unpaired) electrons. The summed E-state index contributed by atoms with van der Waals surface area (Å²) in [7, 11) is 0. The molecule has 0 aromatic heterocycles. The molecule has 1 aliphatic rings. The second-order valence-electron chi connectivity index (χ2n) is 8.00. The molecule has 3 rings (SSSR count). The van der Waals surface area contributed by atoms with Crippen molar-refractivity contribution >= 4 is 50.9 Å². The minimum Gasteiger partial charge on any atom is -0.325 e. The Kier molecular flexibility index (Phi) is 6.15. The fraction of sp³-hybridized carbons (Fsp3) is 0.318. The van der Waals surface area contributed by atoms with Gasteiger partial charge in [0.1, 0.15) is 6.04 Å². The molecule has 7 heteroatoms. The first kappa shape index (κ1) is 21.5. The Bertz CT molecular complexity index is 936. The highest BCUT2D eigenvalue weighted by atomic mass is 79.9. The number of anilines is 1. The van der Waals surface area contributed by atoms with Crippen LogP contribution in [-0.4, -0.2) is 34.2 Å². The predicted molar refractivity (Wildman–Crippen MR) is 117 cm³/mol. The molecule has 0 spiro atoms. The molecule has 1 atom stereocenters. The summed E-state index contributed by atoms with van der Waals surface area (Å²) in [5.74, 6) is -0.892. The lowest BCUT2D eigenvalue weighted by atomic mass is 9.99. The number of hydrogen-bond donors (Lipinski definition) is 0. The van der Waals surface area contributed by atoms with E-state index in [1.165, 1.54) is 4.90 Å². The summed E-state index contributed by atoms with van der Waals surface area (Å²) in [6, 6.07) is 13.2. The number of nitrogens with zero attached hydrogens (tertiary/aromatic N) is 2. The predicted octanol–water partition coefficient (Wildman–Crippen LogP) is 4.60. The summed E-state index contributed by atoms with van der Waals surface area (Å²) in [6.45, 7) is 5.60. The van der Waals surface area contributed by atoms with E-state index in [1.807, 2.05) is 20.8 Å². The summed E-state index contributed by atoms with van der Waals surface area (Å²) < 4.78 is 0.853. The quantitative estimate of drug-likeness (QED) is 0.605. The Morgan fingerprint density at radius 1 is 1.10 bits per heavy atom. The topological polar surface area (TPSA) is 57.7 Å². The zero-order valence-corrected chi connectivity index (χ0v) is 18.8. The molecule has 2 aromatic carbocycles. The second kappa shape index (κ2) is 8.28. The van der Waals surface area contributed by atoms with Crippen LogP contribution in [-0.2, 0) is 20.8 Å². The molecule has 0 saturated carbocycles. The molecule has 5 nitrogen and oxygen atoms in total. The van der Waals surface area contributed by atoms with Gasteiger partial charge in [-0.3, -0.25) is 14.4 Å². The van der Waals surface area contributed by atoms with Gasteiger partial charge in [-0.15, -0.1) is 0 Å². The van der Waals surface area contributed by atoms with E-state index >= 15 is 0 Å². The first-order valence-corrected chi connectivity index (χ1v) is 10.4. The van der Waals surface area contributed by atoms with Crippen LogP contribution in [0.25, 0.3) is 0 Å². The average molecular weight is 478 g/mol. The molecule has 152 valence electrons. The smallest absolute Gasteiger partial charge is 0.257 e. The summed E-state index contributed by atoms with van der Waals surface area (Å²) >= 11 is 9.27. The lowest BCUT2D eigenvalue weighted by Gasteiger charge is -2.39. The monoisotopic (exact) mass is 476 g/mol. The van der Waals surface area contributed by atoms with Gasteiger partial charge in [0.25, 0.3) is 5.91 Å². The van der Waals surface area contributed by atoms with Crippen molar-refractivity contribution in [2.24, 2.45) is 0 Å². The van der Waals surface area contributed by atoms with Crippen LogP contribution in [0.1, 0.15) is 32.8 Å². The zero-order chi connectivity index (χ0) is 21.3. The molecular formula is C22H22BrClN2O3. The van der Waals surface area contributed by atoms with Gasteiger partial charge >= 0.3 is 0 Å². The van der Waals surface area contributed by atoms with Gasteiger partial charge < -0.3 is 4.90 Å². The summed E-state index contributed by atoms with van der Waals surface area (Å²) in [6.07, 6.45) is 0.100. The third kappa shape index (κ3) is 4.70. The molecule has 1 fully saturated rings. The van der Waals surface area contributed by atoms with Crippen molar-refractivity contribution in [3.05, 3.63) is 63.6 Å². The van der Waals surface area contributed by atoms with Crippen molar-refractivity contribution in [2.75, 3.05) is 4.90 Å². The van der Waals surface area contributed by atoms with Crippen LogP contribution < -0.4 is 4.90 Å². The van der Waals surface area contributed by atoms with E-state index < -0.39 is 11.6 Å². The zero-order valence-electron chi connectivity index (χ0n) is 16.5. The van der Waals surface area contributed by atoms with Gasteiger partial charge in [0.2, 0.25) is 11.8 Å². The number of rotatable bonds is 4. The highest BCUT2D eigenvalue weighted by molar-refractivity contribution is 9.10. The van der Waals surface area contributed by atoms with E-state index in [-0.39, 0.29) is 30.6 Å². The maximum absolute atomic E-state index is 13.2. The lowest BCUT2D eigenvalue weighted by molar-refractivity contribution is -0.143. The summed E-state index contributed by atoms with van der Waals surface area (Å²) in [4.78, 5) is 41.7. The van der Waals surface area contributed by atoms with Crippen molar-refractivity contribution in [3.8, 4) is 0 Å². The first-order valence-electron chi connectivity index (χ1n) is 9.27. The number of hydrogen-bond acceptors (Lipinski definition) is 3. The minimum atomic E-state index is -0.828. The molecule has 0 bridgehead atoms. The van der Waals surface area contributed by atoms with Crippen LogP contribution in [0.5, 0.6) is 0 Å². The highest BCUT2D eigenvalue weighted by Gasteiger charge is 2.47. The molecule has 1 heterocycles. The van der Waals surface area contributed by atoms with Gasteiger partial charge in [0.05, 0.1) is 18.5 Å². The summed E-state index contributed by atoms with van der Waals surface area (Å²) in [5.41, 5.74) is 0.680. The van der Waals surface area contributed by atoms with Gasteiger partial charge in [-0.1, -0.05) is 39.7 Å². The third-order valence-electron chi connectivity index (χ3n) is 4.78. The van der Waals surface area contributed by atoms with Crippen molar-refractivity contribution in [2.45, 2.75) is 45.2 Å². The Hall–Kier alpha value is -2.18. The number of carbonyl (C=O) groups excluding carboxylic acids is 3. The number of amides is 3. The van der Waals surface area contributed by atoms with Crippen molar-refractivity contribution in [3.63, 3.8) is 0 Å². The van der Waals surface area contributed by atoms with Crippen LogP contribution in [0.2, 0.25) is 5.02 Å².